The van der Waals surface area contributed by atoms with Gasteiger partial charge in [-0.05, 0) is 39.8 Å². The Balaban J connectivity index is 2.09. The molecule has 0 unspecified atom stereocenters. The average molecular weight is 412 g/mol. The molecule has 1 aromatic carbocycles. The Morgan fingerprint density at radius 2 is 1.83 bits per heavy atom. The molecule has 0 fully saturated rings. The van der Waals surface area contributed by atoms with Gasteiger partial charge in [0, 0.05) is 19.0 Å². The number of amides is 2. The molecule has 10 heteroatoms. The fourth-order valence-electron chi connectivity index (χ4n) is 2.47. The smallest absolute Gasteiger partial charge is 0.418 e. The number of rotatable bonds is 5. The summed E-state index contributed by atoms with van der Waals surface area (Å²) in [6.07, 6.45) is -5.33. The van der Waals surface area contributed by atoms with Crippen molar-refractivity contribution in [1.29, 1.82) is 0 Å². The van der Waals surface area contributed by atoms with E-state index >= 15 is 0 Å². The minimum atomic E-state index is -4.57. The maximum absolute atomic E-state index is 13.3. The second kappa shape index (κ2) is 8.54. The second-order valence-corrected chi connectivity index (χ2v) is 7.32. The first kappa shape index (κ1) is 22.3. The SMILES string of the molecule is Cc1cc(NC(=O)CCNC(=O)OC(C)(C)C)n(-c2ccccc2C(F)(F)F)n1. The lowest BCUT2D eigenvalue weighted by atomic mass is 10.1. The molecule has 2 N–H and O–H groups in total. The number of carbonyl (C=O) groups is 2. The number of ether oxygens (including phenoxy) is 1. The van der Waals surface area contributed by atoms with Gasteiger partial charge in [-0.3, -0.25) is 4.79 Å². The van der Waals surface area contributed by atoms with Crippen LogP contribution in [-0.4, -0.2) is 33.9 Å². The van der Waals surface area contributed by atoms with Gasteiger partial charge in [-0.2, -0.15) is 18.3 Å². The van der Waals surface area contributed by atoms with Gasteiger partial charge in [0.1, 0.15) is 11.4 Å². The van der Waals surface area contributed by atoms with Crippen molar-refractivity contribution in [3.05, 3.63) is 41.6 Å². The minimum absolute atomic E-state index is 0.00695. The van der Waals surface area contributed by atoms with Gasteiger partial charge in [0.15, 0.2) is 0 Å². The monoisotopic (exact) mass is 412 g/mol. The first-order valence-corrected chi connectivity index (χ1v) is 8.87. The molecule has 0 bridgehead atoms. The first-order valence-electron chi connectivity index (χ1n) is 8.87. The van der Waals surface area contributed by atoms with Crippen molar-refractivity contribution in [2.45, 2.75) is 45.9 Å². The molecule has 1 aromatic heterocycles. The number of benzene rings is 1. The lowest BCUT2D eigenvalue weighted by Crippen LogP contribution is -2.34. The van der Waals surface area contributed by atoms with E-state index in [4.69, 9.17) is 4.74 Å². The summed E-state index contributed by atoms with van der Waals surface area (Å²) in [5.41, 5.74) is -1.30. The number of aryl methyl sites for hydroxylation is 1. The molecule has 0 saturated carbocycles. The van der Waals surface area contributed by atoms with E-state index in [0.29, 0.717) is 5.69 Å². The lowest BCUT2D eigenvalue weighted by molar-refractivity contribution is -0.137. The number of nitrogens with one attached hydrogen (secondary N) is 2. The number of hydrogen-bond acceptors (Lipinski definition) is 4. The van der Waals surface area contributed by atoms with E-state index in [9.17, 15) is 22.8 Å². The number of anilines is 1. The Morgan fingerprint density at radius 3 is 2.45 bits per heavy atom. The Kier molecular flexibility index (Phi) is 6.55. The van der Waals surface area contributed by atoms with E-state index < -0.39 is 29.3 Å². The highest BCUT2D eigenvalue weighted by Gasteiger charge is 2.34. The summed E-state index contributed by atoms with van der Waals surface area (Å²) in [5, 5.41) is 9.04. The van der Waals surface area contributed by atoms with Crippen molar-refractivity contribution in [2.24, 2.45) is 0 Å². The molecule has 0 aliphatic rings. The summed E-state index contributed by atoms with van der Waals surface area (Å²) in [7, 11) is 0. The molecule has 0 radical (unpaired) electrons. The van der Waals surface area contributed by atoms with Crippen LogP contribution in [0.4, 0.5) is 23.8 Å². The third-order valence-corrected chi connectivity index (χ3v) is 3.56. The van der Waals surface area contributed by atoms with Crippen LogP contribution < -0.4 is 10.6 Å². The van der Waals surface area contributed by atoms with Crippen molar-refractivity contribution < 1.29 is 27.5 Å². The van der Waals surface area contributed by atoms with Crippen LogP contribution in [0.5, 0.6) is 0 Å². The van der Waals surface area contributed by atoms with Crippen LogP contribution in [0.2, 0.25) is 0 Å². The highest BCUT2D eigenvalue weighted by molar-refractivity contribution is 5.90. The van der Waals surface area contributed by atoms with Crippen molar-refractivity contribution in [1.82, 2.24) is 15.1 Å². The highest BCUT2D eigenvalue weighted by atomic mass is 19.4. The van der Waals surface area contributed by atoms with E-state index in [2.05, 4.69) is 15.7 Å². The second-order valence-electron chi connectivity index (χ2n) is 7.32. The van der Waals surface area contributed by atoms with Crippen LogP contribution in [0.1, 0.15) is 38.4 Å². The predicted molar refractivity (Wildman–Crippen MR) is 101 cm³/mol. The molecule has 7 nitrogen and oxygen atoms in total. The van der Waals surface area contributed by atoms with Gasteiger partial charge in [-0.1, -0.05) is 12.1 Å². The van der Waals surface area contributed by atoms with E-state index in [1.807, 2.05) is 0 Å². The largest absolute Gasteiger partial charge is 0.444 e. The summed E-state index contributed by atoms with van der Waals surface area (Å²) in [5.74, 6) is -0.395. The van der Waals surface area contributed by atoms with Crippen LogP contribution in [0, 0.1) is 6.92 Å². The van der Waals surface area contributed by atoms with Gasteiger partial charge in [0.25, 0.3) is 0 Å². The molecule has 2 aromatic rings. The summed E-state index contributed by atoms with van der Waals surface area (Å²) in [6.45, 7) is 6.74. The number of halogens is 3. The molecule has 2 amide bonds. The molecule has 0 aliphatic heterocycles. The fraction of sp³-hybridized carbons (Fsp3) is 0.421. The van der Waals surface area contributed by atoms with E-state index in [0.717, 1.165) is 10.7 Å². The summed E-state index contributed by atoms with van der Waals surface area (Å²) < 4.78 is 46.0. The molecule has 158 valence electrons. The Bertz CT molecular complexity index is 886. The molecular formula is C19H23F3N4O3. The van der Waals surface area contributed by atoms with Crippen molar-refractivity contribution in [3.63, 3.8) is 0 Å². The Morgan fingerprint density at radius 1 is 1.17 bits per heavy atom. The van der Waals surface area contributed by atoms with Crippen LogP contribution in [-0.2, 0) is 15.7 Å². The van der Waals surface area contributed by atoms with Crippen LogP contribution in [0.25, 0.3) is 5.69 Å². The van der Waals surface area contributed by atoms with E-state index in [1.165, 1.54) is 24.3 Å². The van der Waals surface area contributed by atoms with Crippen molar-refractivity contribution in [2.75, 3.05) is 11.9 Å². The zero-order valence-corrected chi connectivity index (χ0v) is 16.6. The van der Waals surface area contributed by atoms with Gasteiger partial charge in [0.2, 0.25) is 5.91 Å². The number of nitrogens with zero attached hydrogens (tertiary/aromatic N) is 2. The maximum atomic E-state index is 13.3. The Hall–Kier alpha value is -3.04. The van der Waals surface area contributed by atoms with Gasteiger partial charge < -0.3 is 15.4 Å². The molecule has 0 aliphatic carbocycles. The lowest BCUT2D eigenvalue weighted by Gasteiger charge is -2.19. The number of alkyl carbamates (subject to hydrolysis) is 1. The minimum Gasteiger partial charge on any atom is -0.444 e. The van der Waals surface area contributed by atoms with E-state index in [-0.39, 0.29) is 24.5 Å². The topological polar surface area (TPSA) is 85.3 Å². The number of aromatic nitrogens is 2. The normalized spacial score (nSPS) is 11.8. The van der Waals surface area contributed by atoms with Crippen molar-refractivity contribution in [3.8, 4) is 5.69 Å². The van der Waals surface area contributed by atoms with Crippen LogP contribution in [0.3, 0.4) is 0 Å². The maximum Gasteiger partial charge on any atom is 0.418 e. The number of carbonyl (C=O) groups excluding carboxylic acids is 2. The molecular weight excluding hydrogens is 389 g/mol. The van der Waals surface area contributed by atoms with Crippen LogP contribution >= 0.6 is 0 Å². The summed E-state index contributed by atoms with van der Waals surface area (Å²) in [6, 6.07) is 6.42. The molecule has 0 saturated heterocycles. The Labute approximate surface area is 166 Å². The standard InChI is InChI=1S/C19H23F3N4O3/c1-12-11-15(24-16(27)9-10-23-17(28)29-18(2,3)4)26(25-12)14-8-6-5-7-13(14)19(20,21)22/h5-8,11H,9-10H2,1-4H3,(H,23,28)(H,24,27). The molecule has 2 rings (SSSR count). The molecule has 0 atom stereocenters. The molecule has 29 heavy (non-hydrogen) atoms. The first-order chi connectivity index (χ1) is 13.4. The molecule has 0 spiro atoms. The predicted octanol–water partition coefficient (Wildman–Crippen LogP) is 4.05. The van der Waals surface area contributed by atoms with Gasteiger partial charge in [-0.15, -0.1) is 0 Å². The number of alkyl halides is 3. The summed E-state index contributed by atoms with van der Waals surface area (Å²) >= 11 is 0. The zero-order chi connectivity index (χ0) is 21.8. The summed E-state index contributed by atoms with van der Waals surface area (Å²) in [4.78, 5) is 23.8. The molecule has 1 heterocycles. The quantitative estimate of drug-likeness (QED) is 0.776. The number of hydrogen-bond donors (Lipinski definition) is 2. The third kappa shape index (κ3) is 6.51. The van der Waals surface area contributed by atoms with Gasteiger partial charge in [0.05, 0.1) is 16.9 Å². The highest BCUT2D eigenvalue weighted by Crippen LogP contribution is 2.34. The zero-order valence-electron chi connectivity index (χ0n) is 16.6. The average Bonchev–Trinajstić information content (AvgIpc) is 2.92. The third-order valence-electron chi connectivity index (χ3n) is 3.56. The van der Waals surface area contributed by atoms with Gasteiger partial charge in [-0.25, -0.2) is 9.48 Å². The van der Waals surface area contributed by atoms with Crippen LogP contribution in [0.15, 0.2) is 30.3 Å². The number of para-hydroxylation sites is 1. The van der Waals surface area contributed by atoms with E-state index in [1.54, 1.807) is 27.7 Å². The fourth-order valence-corrected chi connectivity index (χ4v) is 2.47. The van der Waals surface area contributed by atoms with Gasteiger partial charge >= 0.3 is 12.3 Å². The van der Waals surface area contributed by atoms with Crippen molar-refractivity contribution >= 4 is 17.8 Å².